The number of ether oxygens (including phenoxy) is 2. The van der Waals surface area contributed by atoms with Crippen LogP contribution in [0.2, 0.25) is 5.02 Å². The number of benzene rings is 2. The van der Waals surface area contributed by atoms with Crippen molar-refractivity contribution in [3.63, 3.8) is 0 Å². The SMILES string of the molecule is CCOc1cc(Cl)ccc1CNC(=NC)NCc1cccc(OC)c1. The quantitative estimate of drug-likeness (QED) is 0.584. The molecule has 2 rings (SSSR count). The molecule has 0 aliphatic rings. The van der Waals surface area contributed by atoms with Crippen LogP contribution < -0.4 is 20.1 Å². The second-order valence-corrected chi connectivity index (χ2v) is 5.75. The van der Waals surface area contributed by atoms with E-state index in [4.69, 9.17) is 21.1 Å². The molecule has 0 fully saturated rings. The van der Waals surface area contributed by atoms with Gasteiger partial charge in [0.2, 0.25) is 0 Å². The van der Waals surface area contributed by atoms with E-state index in [-0.39, 0.29) is 0 Å². The molecule has 25 heavy (non-hydrogen) atoms. The molecule has 0 unspecified atom stereocenters. The lowest BCUT2D eigenvalue weighted by molar-refractivity contribution is 0.336. The summed E-state index contributed by atoms with van der Waals surface area (Å²) >= 11 is 6.04. The molecule has 0 heterocycles. The number of hydrogen-bond acceptors (Lipinski definition) is 3. The van der Waals surface area contributed by atoms with Crippen LogP contribution in [0.5, 0.6) is 11.5 Å². The van der Waals surface area contributed by atoms with Gasteiger partial charge in [-0.15, -0.1) is 0 Å². The van der Waals surface area contributed by atoms with Crippen LogP contribution in [-0.2, 0) is 13.1 Å². The van der Waals surface area contributed by atoms with Gasteiger partial charge in [-0.25, -0.2) is 0 Å². The zero-order valence-electron chi connectivity index (χ0n) is 14.8. The van der Waals surface area contributed by atoms with Gasteiger partial charge in [0, 0.05) is 30.7 Å². The van der Waals surface area contributed by atoms with Crippen LogP contribution in [0.15, 0.2) is 47.5 Å². The van der Waals surface area contributed by atoms with Crippen LogP contribution in [0.3, 0.4) is 0 Å². The monoisotopic (exact) mass is 361 g/mol. The lowest BCUT2D eigenvalue weighted by Gasteiger charge is -2.15. The zero-order valence-corrected chi connectivity index (χ0v) is 15.6. The van der Waals surface area contributed by atoms with E-state index in [1.54, 1.807) is 14.2 Å². The molecule has 0 saturated carbocycles. The minimum atomic E-state index is 0.588. The summed E-state index contributed by atoms with van der Waals surface area (Å²) < 4.78 is 10.9. The van der Waals surface area contributed by atoms with E-state index in [1.165, 1.54) is 0 Å². The van der Waals surface area contributed by atoms with Gasteiger partial charge in [0.15, 0.2) is 5.96 Å². The van der Waals surface area contributed by atoms with Gasteiger partial charge in [0.25, 0.3) is 0 Å². The largest absolute Gasteiger partial charge is 0.497 e. The number of rotatable bonds is 7. The molecule has 0 saturated heterocycles. The van der Waals surface area contributed by atoms with Crippen molar-refractivity contribution in [2.24, 2.45) is 4.99 Å². The Morgan fingerprint density at radius 3 is 2.64 bits per heavy atom. The van der Waals surface area contributed by atoms with E-state index in [1.807, 2.05) is 49.4 Å². The predicted molar refractivity (Wildman–Crippen MR) is 103 cm³/mol. The molecule has 0 spiro atoms. The molecule has 6 heteroatoms. The van der Waals surface area contributed by atoms with Crippen molar-refractivity contribution in [1.29, 1.82) is 0 Å². The van der Waals surface area contributed by atoms with Crippen molar-refractivity contribution >= 4 is 17.6 Å². The van der Waals surface area contributed by atoms with Crippen molar-refractivity contribution in [2.75, 3.05) is 20.8 Å². The Morgan fingerprint density at radius 1 is 1.12 bits per heavy atom. The summed E-state index contributed by atoms with van der Waals surface area (Å²) in [6, 6.07) is 13.6. The normalized spacial score (nSPS) is 11.1. The summed E-state index contributed by atoms with van der Waals surface area (Å²) in [5, 5.41) is 7.23. The highest BCUT2D eigenvalue weighted by atomic mass is 35.5. The molecular formula is C19H24ClN3O2. The summed E-state index contributed by atoms with van der Waals surface area (Å²) in [4.78, 5) is 4.25. The highest BCUT2D eigenvalue weighted by Crippen LogP contribution is 2.23. The van der Waals surface area contributed by atoms with Crippen molar-refractivity contribution in [1.82, 2.24) is 10.6 Å². The molecule has 0 aromatic heterocycles. The molecule has 2 N–H and O–H groups in total. The van der Waals surface area contributed by atoms with Crippen molar-refractivity contribution in [3.8, 4) is 11.5 Å². The molecule has 5 nitrogen and oxygen atoms in total. The van der Waals surface area contributed by atoms with E-state index < -0.39 is 0 Å². The Bertz CT molecular complexity index is 720. The van der Waals surface area contributed by atoms with Gasteiger partial charge in [-0.3, -0.25) is 4.99 Å². The van der Waals surface area contributed by atoms with Gasteiger partial charge in [-0.1, -0.05) is 29.8 Å². The van der Waals surface area contributed by atoms with Gasteiger partial charge < -0.3 is 20.1 Å². The van der Waals surface area contributed by atoms with Crippen LogP contribution in [0.25, 0.3) is 0 Å². The summed E-state index contributed by atoms with van der Waals surface area (Å²) in [6.45, 7) is 3.78. The van der Waals surface area contributed by atoms with Crippen molar-refractivity contribution in [3.05, 3.63) is 58.6 Å². The molecule has 2 aromatic carbocycles. The highest BCUT2D eigenvalue weighted by Gasteiger charge is 2.06. The number of guanidine groups is 1. The molecule has 2 aromatic rings. The van der Waals surface area contributed by atoms with E-state index in [0.717, 1.165) is 22.6 Å². The van der Waals surface area contributed by atoms with E-state index in [2.05, 4.69) is 15.6 Å². The summed E-state index contributed by atoms with van der Waals surface area (Å²) in [6.07, 6.45) is 0. The maximum Gasteiger partial charge on any atom is 0.191 e. The maximum atomic E-state index is 6.04. The number of methoxy groups -OCH3 is 1. The molecule has 134 valence electrons. The fourth-order valence-corrected chi connectivity index (χ4v) is 2.49. The fraction of sp³-hybridized carbons (Fsp3) is 0.316. The van der Waals surface area contributed by atoms with Crippen LogP contribution in [0.4, 0.5) is 0 Å². The number of hydrogen-bond donors (Lipinski definition) is 2. The first-order valence-corrected chi connectivity index (χ1v) is 8.52. The van der Waals surface area contributed by atoms with E-state index in [9.17, 15) is 0 Å². The number of halogens is 1. The Kier molecular flexibility index (Phi) is 7.41. The fourth-order valence-electron chi connectivity index (χ4n) is 2.33. The second-order valence-electron chi connectivity index (χ2n) is 5.32. The lowest BCUT2D eigenvalue weighted by Crippen LogP contribution is -2.36. The first-order chi connectivity index (χ1) is 12.2. The Hall–Kier alpha value is -2.40. The Balaban J connectivity index is 1.94. The van der Waals surface area contributed by atoms with Crippen LogP contribution in [0.1, 0.15) is 18.1 Å². The second kappa shape index (κ2) is 9.79. The smallest absolute Gasteiger partial charge is 0.191 e. The molecule has 0 amide bonds. The molecule has 0 aliphatic heterocycles. The molecule has 0 bridgehead atoms. The number of nitrogens with zero attached hydrogens (tertiary/aromatic N) is 1. The third-order valence-electron chi connectivity index (χ3n) is 3.59. The van der Waals surface area contributed by atoms with Gasteiger partial charge >= 0.3 is 0 Å². The predicted octanol–water partition coefficient (Wildman–Crippen LogP) is 3.61. The van der Waals surface area contributed by atoms with Crippen LogP contribution in [-0.4, -0.2) is 26.7 Å². The van der Waals surface area contributed by atoms with E-state index in [0.29, 0.717) is 30.7 Å². The average Bonchev–Trinajstić information content (AvgIpc) is 2.63. The Labute approximate surface area is 154 Å². The third-order valence-corrected chi connectivity index (χ3v) is 3.83. The van der Waals surface area contributed by atoms with E-state index >= 15 is 0 Å². The maximum absolute atomic E-state index is 6.04. The Morgan fingerprint density at radius 2 is 1.92 bits per heavy atom. The third kappa shape index (κ3) is 5.87. The minimum Gasteiger partial charge on any atom is -0.497 e. The summed E-state index contributed by atoms with van der Waals surface area (Å²) in [5.41, 5.74) is 2.14. The average molecular weight is 362 g/mol. The van der Waals surface area contributed by atoms with Gasteiger partial charge in [0.05, 0.1) is 13.7 Å². The standard InChI is InChI=1S/C19H24ClN3O2/c1-4-25-18-11-16(20)9-8-15(18)13-23-19(21-2)22-12-14-6-5-7-17(10-14)24-3/h5-11H,4,12-13H2,1-3H3,(H2,21,22,23). The molecule has 0 radical (unpaired) electrons. The summed E-state index contributed by atoms with van der Waals surface area (Å²) in [7, 11) is 3.40. The minimum absolute atomic E-state index is 0.588. The van der Waals surface area contributed by atoms with Gasteiger partial charge in [-0.05, 0) is 36.8 Å². The topological polar surface area (TPSA) is 54.9 Å². The van der Waals surface area contributed by atoms with Crippen LogP contribution in [0, 0.1) is 0 Å². The first-order valence-electron chi connectivity index (χ1n) is 8.15. The molecule has 0 aliphatic carbocycles. The zero-order chi connectivity index (χ0) is 18.1. The molecular weight excluding hydrogens is 338 g/mol. The van der Waals surface area contributed by atoms with Gasteiger partial charge in [-0.2, -0.15) is 0 Å². The highest BCUT2D eigenvalue weighted by molar-refractivity contribution is 6.30. The van der Waals surface area contributed by atoms with Gasteiger partial charge in [0.1, 0.15) is 11.5 Å². The lowest BCUT2D eigenvalue weighted by atomic mass is 10.2. The van der Waals surface area contributed by atoms with Crippen LogP contribution >= 0.6 is 11.6 Å². The summed E-state index contributed by atoms with van der Waals surface area (Å²) in [5.74, 6) is 2.33. The molecule has 0 atom stereocenters. The van der Waals surface area contributed by atoms with Crippen molar-refractivity contribution < 1.29 is 9.47 Å². The number of aliphatic imine (C=N–C) groups is 1. The van der Waals surface area contributed by atoms with Crippen molar-refractivity contribution in [2.45, 2.75) is 20.0 Å². The first kappa shape index (κ1) is 18.9. The number of nitrogens with one attached hydrogen (secondary N) is 2.